The first-order chi connectivity index (χ1) is 9.66. The van der Waals surface area contributed by atoms with E-state index in [1.165, 1.54) is 12.1 Å². The molecule has 1 aliphatic rings. The Morgan fingerprint density at radius 1 is 1.45 bits per heavy atom. The molecule has 1 unspecified atom stereocenters. The van der Waals surface area contributed by atoms with E-state index in [2.05, 4.69) is 5.32 Å². The van der Waals surface area contributed by atoms with E-state index in [0.29, 0.717) is 18.9 Å². The van der Waals surface area contributed by atoms with Crippen molar-refractivity contribution in [3.05, 3.63) is 30.1 Å². The minimum atomic E-state index is -0.272. The topological polar surface area (TPSA) is 41.6 Å². The number of rotatable bonds is 6. The molecule has 1 aromatic rings. The van der Waals surface area contributed by atoms with Crippen molar-refractivity contribution in [2.45, 2.75) is 25.3 Å². The molecule has 1 aliphatic heterocycles. The van der Waals surface area contributed by atoms with Crippen LogP contribution in [0.15, 0.2) is 24.3 Å². The smallest absolute Gasteiger partial charge is 0.239 e. The molecule has 1 amide bonds. The maximum absolute atomic E-state index is 12.7. The molecule has 5 heteroatoms. The van der Waals surface area contributed by atoms with E-state index in [4.69, 9.17) is 4.74 Å². The zero-order valence-electron chi connectivity index (χ0n) is 11.8. The standard InChI is InChI=1S/C15H21FN2O2/c1-18(15(19)14-4-2-9-17-14)10-3-11-20-13-7-5-12(16)6-8-13/h5-8,14,17H,2-4,9-11H2,1H3. The van der Waals surface area contributed by atoms with Crippen molar-refractivity contribution < 1.29 is 13.9 Å². The highest BCUT2D eigenvalue weighted by atomic mass is 19.1. The highest BCUT2D eigenvalue weighted by Gasteiger charge is 2.24. The van der Waals surface area contributed by atoms with Crippen LogP contribution in [0.3, 0.4) is 0 Å². The Morgan fingerprint density at radius 3 is 2.85 bits per heavy atom. The molecule has 0 aromatic heterocycles. The van der Waals surface area contributed by atoms with Gasteiger partial charge in [-0.25, -0.2) is 4.39 Å². The van der Waals surface area contributed by atoms with Gasteiger partial charge in [-0.05, 0) is 50.1 Å². The lowest BCUT2D eigenvalue weighted by Gasteiger charge is -2.21. The van der Waals surface area contributed by atoms with Gasteiger partial charge in [-0.2, -0.15) is 0 Å². The van der Waals surface area contributed by atoms with Gasteiger partial charge in [0.2, 0.25) is 5.91 Å². The molecule has 0 radical (unpaired) electrons. The Labute approximate surface area is 118 Å². The molecule has 1 fully saturated rings. The number of ether oxygens (including phenoxy) is 1. The number of likely N-dealkylation sites (N-methyl/N-ethyl adjacent to an activating group) is 1. The third-order valence-electron chi connectivity index (χ3n) is 3.45. The monoisotopic (exact) mass is 280 g/mol. The van der Waals surface area contributed by atoms with Crippen molar-refractivity contribution in [3.8, 4) is 5.75 Å². The van der Waals surface area contributed by atoms with Gasteiger partial charge in [0.1, 0.15) is 11.6 Å². The zero-order chi connectivity index (χ0) is 14.4. The van der Waals surface area contributed by atoms with Gasteiger partial charge in [-0.3, -0.25) is 4.79 Å². The second kappa shape index (κ2) is 7.24. The summed E-state index contributed by atoms with van der Waals surface area (Å²) in [6.45, 7) is 2.11. The molecule has 0 saturated carbocycles. The highest BCUT2D eigenvalue weighted by molar-refractivity contribution is 5.81. The van der Waals surface area contributed by atoms with E-state index in [1.807, 2.05) is 7.05 Å². The first kappa shape index (κ1) is 14.8. The Kier molecular flexibility index (Phi) is 5.35. The van der Waals surface area contributed by atoms with Gasteiger partial charge in [0, 0.05) is 13.6 Å². The van der Waals surface area contributed by atoms with Crippen LogP contribution in [0.2, 0.25) is 0 Å². The Balaban J connectivity index is 1.65. The SMILES string of the molecule is CN(CCCOc1ccc(F)cc1)C(=O)C1CCCN1. The number of hydrogen-bond acceptors (Lipinski definition) is 3. The highest BCUT2D eigenvalue weighted by Crippen LogP contribution is 2.11. The summed E-state index contributed by atoms with van der Waals surface area (Å²) in [4.78, 5) is 13.8. The summed E-state index contributed by atoms with van der Waals surface area (Å²) in [5.74, 6) is 0.536. The maximum atomic E-state index is 12.7. The lowest BCUT2D eigenvalue weighted by atomic mass is 10.2. The first-order valence-electron chi connectivity index (χ1n) is 7.03. The molecule has 110 valence electrons. The molecule has 1 N–H and O–H groups in total. The number of hydrogen-bond donors (Lipinski definition) is 1. The van der Waals surface area contributed by atoms with Crippen molar-refractivity contribution in [3.63, 3.8) is 0 Å². The van der Waals surface area contributed by atoms with Crippen LogP contribution in [0, 0.1) is 5.82 Å². The Bertz CT molecular complexity index is 430. The fourth-order valence-electron chi connectivity index (χ4n) is 2.29. The molecule has 1 saturated heterocycles. The van der Waals surface area contributed by atoms with E-state index in [-0.39, 0.29) is 17.8 Å². The number of nitrogens with one attached hydrogen (secondary N) is 1. The second-order valence-corrected chi connectivity index (χ2v) is 5.06. The number of carbonyl (C=O) groups is 1. The summed E-state index contributed by atoms with van der Waals surface area (Å²) in [5.41, 5.74) is 0. The average molecular weight is 280 g/mol. The van der Waals surface area contributed by atoms with Crippen molar-refractivity contribution >= 4 is 5.91 Å². The number of carbonyl (C=O) groups excluding carboxylic acids is 1. The average Bonchev–Trinajstić information content (AvgIpc) is 2.98. The lowest BCUT2D eigenvalue weighted by Crippen LogP contribution is -2.42. The van der Waals surface area contributed by atoms with Crippen molar-refractivity contribution in [2.24, 2.45) is 0 Å². The van der Waals surface area contributed by atoms with Gasteiger partial charge in [0.15, 0.2) is 0 Å². The van der Waals surface area contributed by atoms with Crippen LogP contribution >= 0.6 is 0 Å². The predicted octanol–water partition coefficient (Wildman–Crippen LogP) is 1.80. The fourth-order valence-corrected chi connectivity index (χ4v) is 2.29. The van der Waals surface area contributed by atoms with E-state index in [0.717, 1.165) is 25.8 Å². The Morgan fingerprint density at radius 2 is 2.20 bits per heavy atom. The third kappa shape index (κ3) is 4.20. The van der Waals surface area contributed by atoms with E-state index in [9.17, 15) is 9.18 Å². The molecule has 1 atom stereocenters. The molecule has 1 aromatic carbocycles. The van der Waals surface area contributed by atoms with Crippen molar-refractivity contribution in [2.75, 3.05) is 26.7 Å². The lowest BCUT2D eigenvalue weighted by molar-refractivity contribution is -0.131. The van der Waals surface area contributed by atoms with Crippen LogP contribution in [-0.4, -0.2) is 43.6 Å². The number of halogens is 1. The van der Waals surface area contributed by atoms with Crippen LogP contribution in [-0.2, 0) is 4.79 Å². The molecule has 0 bridgehead atoms. The number of nitrogens with zero attached hydrogens (tertiary/aromatic N) is 1. The van der Waals surface area contributed by atoms with Crippen LogP contribution in [0.1, 0.15) is 19.3 Å². The summed E-state index contributed by atoms with van der Waals surface area (Å²) in [6.07, 6.45) is 2.75. The first-order valence-corrected chi connectivity index (χ1v) is 7.03. The molecule has 20 heavy (non-hydrogen) atoms. The molecular formula is C15H21FN2O2. The van der Waals surface area contributed by atoms with Crippen LogP contribution in [0.4, 0.5) is 4.39 Å². The third-order valence-corrected chi connectivity index (χ3v) is 3.45. The van der Waals surface area contributed by atoms with E-state index in [1.54, 1.807) is 17.0 Å². The number of amides is 1. The quantitative estimate of drug-likeness (QED) is 0.808. The Hall–Kier alpha value is -1.62. The molecule has 4 nitrogen and oxygen atoms in total. The minimum Gasteiger partial charge on any atom is -0.494 e. The van der Waals surface area contributed by atoms with Gasteiger partial charge in [0.05, 0.1) is 12.6 Å². The van der Waals surface area contributed by atoms with Gasteiger partial charge in [-0.1, -0.05) is 0 Å². The molecular weight excluding hydrogens is 259 g/mol. The van der Waals surface area contributed by atoms with Crippen molar-refractivity contribution in [1.29, 1.82) is 0 Å². The summed E-state index contributed by atoms with van der Waals surface area (Å²) in [6, 6.07) is 5.94. The zero-order valence-corrected chi connectivity index (χ0v) is 11.8. The van der Waals surface area contributed by atoms with Crippen molar-refractivity contribution in [1.82, 2.24) is 10.2 Å². The summed E-state index contributed by atoms with van der Waals surface area (Å²) >= 11 is 0. The maximum Gasteiger partial charge on any atom is 0.239 e. The summed E-state index contributed by atoms with van der Waals surface area (Å²) in [5, 5.41) is 3.20. The molecule has 1 heterocycles. The van der Waals surface area contributed by atoms with Crippen LogP contribution < -0.4 is 10.1 Å². The predicted molar refractivity (Wildman–Crippen MR) is 75.2 cm³/mol. The van der Waals surface area contributed by atoms with E-state index < -0.39 is 0 Å². The number of benzene rings is 1. The van der Waals surface area contributed by atoms with Crippen LogP contribution in [0.25, 0.3) is 0 Å². The van der Waals surface area contributed by atoms with Crippen LogP contribution in [0.5, 0.6) is 5.75 Å². The van der Waals surface area contributed by atoms with Gasteiger partial charge in [-0.15, -0.1) is 0 Å². The largest absolute Gasteiger partial charge is 0.494 e. The van der Waals surface area contributed by atoms with E-state index >= 15 is 0 Å². The normalized spacial score (nSPS) is 18.0. The van der Waals surface area contributed by atoms with Gasteiger partial charge >= 0.3 is 0 Å². The van der Waals surface area contributed by atoms with Gasteiger partial charge in [0.25, 0.3) is 0 Å². The molecule has 2 rings (SSSR count). The fraction of sp³-hybridized carbons (Fsp3) is 0.533. The van der Waals surface area contributed by atoms with Gasteiger partial charge < -0.3 is 15.0 Å². The summed E-state index contributed by atoms with van der Waals surface area (Å²) in [7, 11) is 1.82. The molecule has 0 aliphatic carbocycles. The minimum absolute atomic E-state index is 0.0157. The summed E-state index contributed by atoms with van der Waals surface area (Å²) < 4.78 is 18.2. The molecule has 0 spiro atoms. The second-order valence-electron chi connectivity index (χ2n) is 5.06.